The highest BCUT2D eigenvalue weighted by molar-refractivity contribution is 6.36. The lowest BCUT2D eigenvalue weighted by molar-refractivity contribution is -0.130. The third kappa shape index (κ3) is 3.51. The number of ether oxygens (including phenoxy) is 5. The molecular formula is C31H28ClN3O9. The number of benzene rings is 2. The molecule has 2 aromatic carbocycles. The maximum atomic E-state index is 15.0. The van der Waals surface area contributed by atoms with E-state index in [2.05, 4.69) is 5.32 Å². The Kier molecular flexibility index (Phi) is 6.16. The van der Waals surface area contributed by atoms with Crippen molar-refractivity contribution in [1.82, 2.24) is 9.13 Å². The molecule has 0 saturated carbocycles. The molecule has 12 nitrogen and oxygen atoms in total. The first-order valence-electron chi connectivity index (χ1n) is 14.0. The van der Waals surface area contributed by atoms with Crippen LogP contribution in [0.4, 0.5) is 5.82 Å². The van der Waals surface area contributed by atoms with E-state index in [1.807, 2.05) is 0 Å². The SMILES string of the molecule is COc1cc(OC)c2c(c1Cl)O[C@@]1(C(=O)C3=C(C[C@H]1C)Nc1c(c(=O)n(C)c(=O)n1C)C3c1ccc3c(c1)OCCO3)C2=O. The van der Waals surface area contributed by atoms with Crippen molar-refractivity contribution < 1.29 is 33.3 Å². The third-order valence-electron chi connectivity index (χ3n) is 8.98. The van der Waals surface area contributed by atoms with Gasteiger partial charge < -0.3 is 29.0 Å². The van der Waals surface area contributed by atoms with Crippen molar-refractivity contribution in [3.8, 4) is 28.7 Å². The Morgan fingerprint density at radius 1 is 0.955 bits per heavy atom. The van der Waals surface area contributed by atoms with Gasteiger partial charge in [0.05, 0.1) is 19.8 Å². The van der Waals surface area contributed by atoms with Crippen LogP contribution in [0.5, 0.6) is 28.7 Å². The summed E-state index contributed by atoms with van der Waals surface area (Å²) >= 11 is 6.62. The van der Waals surface area contributed by atoms with Crippen LogP contribution in [-0.4, -0.2) is 53.7 Å². The van der Waals surface area contributed by atoms with Crippen LogP contribution in [0.25, 0.3) is 0 Å². The molecule has 1 aromatic heterocycles. The highest BCUT2D eigenvalue weighted by atomic mass is 35.5. The average molecular weight is 622 g/mol. The minimum absolute atomic E-state index is 0.00419. The van der Waals surface area contributed by atoms with Crippen molar-refractivity contribution in [2.24, 2.45) is 20.0 Å². The second-order valence-electron chi connectivity index (χ2n) is 11.2. The zero-order valence-corrected chi connectivity index (χ0v) is 25.3. The molecule has 0 bridgehead atoms. The lowest BCUT2D eigenvalue weighted by Crippen LogP contribution is -2.58. The van der Waals surface area contributed by atoms with Crippen molar-refractivity contribution in [2.45, 2.75) is 24.9 Å². The number of carbonyl (C=O) groups excluding carboxylic acids is 2. The lowest BCUT2D eigenvalue weighted by atomic mass is 9.66. The second-order valence-corrected chi connectivity index (χ2v) is 11.6. The van der Waals surface area contributed by atoms with Crippen molar-refractivity contribution in [1.29, 1.82) is 0 Å². The minimum atomic E-state index is -2.00. The van der Waals surface area contributed by atoms with Crippen molar-refractivity contribution >= 4 is 29.0 Å². The van der Waals surface area contributed by atoms with Gasteiger partial charge in [0.15, 0.2) is 17.2 Å². The number of anilines is 1. The van der Waals surface area contributed by atoms with E-state index >= 15 is 0 Å². The van der Waals surface area contributed by atoms with Gasteiger partial charge in [0.1, 0.15) is 41.1 Å². The van der Waals surface area contributed by atoms with Gasteiger partial charge in [-0.3, -0.25) is 23.5 Å². The van der Waals surface area contributed by atoms with Crippen LogP contribution in [0.3, 0.4) is 0 Å². The first kappa shape index (κ1) is 28.1. The number of aromatic nitrogens is 2. The summed E-state index contributed by atoms with van der Waals surface area (Å²) in [4.78, 5) is 56.2. The summed E-state index contributed by atoms with van der Waals surface area (Å²) in [5.74, 6) is -1.27. The van der Waals surface area contributed by atoms with Gasteiger partial charge in [0, 0.05) is 43.3 Å². The monoisotopic (exact) mass is 621 g/mol. The Bertz CT molecular complexity index is 1980. The number of ketones is 2. The summed E-state index contributed by atoms with van der Waals surface area (Å²) in [5.41, 5.74) is -1.71. The number of fused-ring (bicyclic) bond motifs is 3. The quantitative estimate of drug-likeness (QED) is 0.435. The van der Waals surface area contributed by atoms with E-state index in [1.165, 1.54) is 31.9 Å². The number of nitrogens with one attached hydrogen (secondary N) is 1. The molecule has 1 unspecified atom stereocenters. The molecule has 1 N–H and O–H groups in total. The Morgan fingerprint density at radius 3 is 2.36 bits per heavy atom. The van der Waals surface area contributed by atoms with Crippen molar-refractivity contribution in [3.63, 3.8) is 0 Å². The van der Waals surface area contributed by atoms with Crippen LogP contribution in [0.1, 0.15) is 40.7 Å². The largest absolute Gasteiger partial charge is 0.496 e. The third-order valence-corrected chi connectivity index (χ3v) is 9.33. The number of methoxy groups -OCH3 is 2. The van der Waals surface area contributed by atoms with Gasteiger partial charge in [-0.05, 0) is 24.1 Å². The molecule has 13 heteroatoms. The predicted molar refractivity (Wildman–Crippen MR) is 158 cm³/mol. The standard InChI is InChI=1S/C31H28ClN3O9/c1-13-10-15-21(26(36)31(13)27(37)22-18(40-4)12-19(41-5)24(32)25(22)44-31)20(14-6-7-16-17(11-14)43-9-8-42-16)23-28(33-15)34(2)30(39)35(3)29(23)38/h6-7,11-13,20,33H,8-10H2,1-5H3/t13-,20?,31+/m1/s1. The van der Waals surface area contributed by atoms with Gasteiger partial charge in [-0.25, -0.2) is 4.79 Å². The average Bonchev–Trinajstić information content (AvgIpc) is 3.35. The fourth-order valence-electron chi connectivity index (χ4n) is 6.76. The van der Waals surface area contributed by atoms with E-state index in [0.717, 1.165) is 4.57 Å². The van der Waals surface area contributed by atoms with E-state index in [9.17, 15) is 19.2 Å². The normalized spacial score (nSPS) is 23.0. The first-order chi connectivity index (χ1) is 21.0. The molecule has 3 aromatic rings. The van der Waals surface area contributed by atoms with Gasteiger partial charge in [-0.2, -0.15) is 0 Å². The molecule has 1 spiro atoms. The predicted octanol–water partition coefficient (Wildman–Crippen LogP) is 2.96. The molecule has 0 amide bonds. The van der Waals surface area contributed by atoms with Gasteiger partial charge in [0.2, 0.25) is 17.2 Å². The maximum Gasteiger partial charge on any atom is 0.332 e. The van der Waals surface area contributed by atoms with E-state index < -0.39 is 40.3 Å². The second kappa shape index (κ2) is 9.65. The topological polar surface area (TPSA) is 136 Å². The highest BCUT2D eigenvalue weighted by Gasteiger charge is 2.63. The van der Waals surface area contributed by atoms with Gasteiger partial charge in [-0.1, -0.05) is 24.6 Å². The van der Waals surface area contributed by atoms with E-state index in [0.29, 0.717) is 36.0 Å². The highest BCUT2D eigenvalue weighted by Crippen LogP contribution is 2.56. The molecule has 3 atom stereocenters. The molecule has 228 valence electrons. The Morgan fingerprint density at radius 2 is 1.66 bits per heavy atom. The number of carbonyl (C=O) groups is 2. The van der Waals surface area contributed by atoms with E-state index in [4.69, 9.17) is 35.3 Å². The van der Waals surface area contributed by atoms with Crippen LogP contribution in [0.15, 0.2) is 45.1 Å². The van der Waals surface area contributed by atoms with Crippen LogP contribution in [0.2, 0.25) is 5.02 Å². The molecule has 7 rings (SSSR count). The number of Topliss-reactive ketones (excluding diaryl/α,β-unsaturated/α-hetero) is 2. The molecular weight excluding hydrogens is 594 g/mol. The zero-order valence-electron chi connectivity index (χ0n) is 24.5. The van der Waals surface area contributed by atoms with Gasteiger partial charge in [0.25, 0.3) is 5.56 Å². The molecule has 0 saturated heterocycles. The molecule has 44 heavy (non-hydrogen) atoms. The molecule has 4 heterocycles. The number of hydrogen-bond acceptors (Lipinski definition) is 10. The summed E-state index contributed by atoms with van der Waals surface area (Å²) < 4.78 is 31.1. The summed E-state index contributed by atoms with van der Waals surface area (Å²) in [5, 5.41) is 3.24. The van der Waals surface area contributed by atoms with Gasteiger partial charge >= 0.3 is 5.69 Å². The number of nitrogens with zero attached hydrogens (tertiary/aromatic N) is 2. The fraction of sp³-hybridized carbons (Fsp3) is 0.355. The molecule has 4 aliphatic rings. The van der Waals surface area contributed by atoms with Crippen LogP contribution >= 0.6 is 11.6 Å². The molecule has 0 fully saturated rings. The number of rotatable bonds is 3. The maximum absolute atomic E-state index is 15.0. The Labute approximate surface area is 255 Å². The number of halogens is 1. The smallest absolute Gasteiger partial charge is 0.332 e. The molecule has 0 radical (unpaired) electrons. The first-order valence-corrected chi connectivity index (χ1v) is 14.4. The van der Waals surface area contributed by atoms with Crippen LogP contribution in [-0.2, 0) is 18.9 Å². The van der Waals surface area contributed by atoms with Crippen molar-refractivity contribution in [3.05, 3.63) is 78.1 Å². The van der Waals surface area contributed by atoms with Crippen LogP contribution in [0, 0.1) is 5.92 Å². The Balaban J connectivity index is 1.47. The van der Waals surface area contributed by atoms with E-state index in [-0.39, 0.29) is 51.2 Å². The Hall–Kier alpha value is -4.71. The minimum Gasteiger partial charge on any atom is -0.496 e. The molecule has 3 aliphatic heterocycles. The van der Waals surface area contributed by atoms with Crippen molar-refractivity contribution in [2.75, 3.05) is 32.8 Å². The van der Waals surface area contributed by atoms with Gasteiger partial charge in [-0.15, -0.1) is 0 Å². The number of hydrogen-bond donors (Lipinski definition) is 1. The summed E-state index contributed by atoms with van der Waals surface area (Å²) in [7, 11) is 5.75. The number of allylic oxidation sites excluding steroid dienone is 1. The summed E-state index contributed by atoms with van der Waals surface area (Å²) in [6.07, 6.45) is 0.182. The van der Waals surface area contributed by atoms with Crippen LogP contribution < -0.4 is 40.3 Å². The molecule has 1 aliphatic carbocycles. The fourth-order valence-corrected chi connectivity index (χ4v) is 7.03. The zero-order chi connectivity index (χ0) is 31.2. The summed E-state index contributed by atoms with van der Waals surface area (Å²) in [6.45, 7) is 2.45. The summed E-state index contributed by atoms with van der Waals surface area (Å²) in [6, 6.07) is 6.66. The van der Waals surface area contributed by atoms with E-state index in [1.54, 1.807) is 32.2 Å². The lowest BCUT2D eigenvalue weighted by Gasteiger charge is -2.42.